The Labute approximate surface area is 121 Å². The molecule has 0 aliphatic heterocycles. The van der Waals surface area contributed by atoms with Gasteiger partial charge in [-0.15, -0.1) is 0 Å². The average molecular weight is 295 g/mol. The van der Waals surface area contributed by atoms with Crippen molar-refractivity contribution in [3.63, 3.8) is 0 Å². The third-order valence-corrected chi connectivity index (χ3v) is 4.00. The normalized spacial score (nSPS) is 18.5. The van der Waals surface area contributed by atoms with Crippen molar-refractivity contribution in [1.29, 1.82) is 0 Å². The quantitative estimate of drug-likeness (QED) is 0.798. The van der Waals surface area contributed by atoms with Crippen molar-refractivity contribution in [3.05, 3.63) is 45.7 Å². The summed E-state index contributed by atoms with van der Waals surface area (Å²) in [4.78, 5) is 12.0. The minimum atomic E-state index is 0.142. The number of nitrogens with zero attached hydrogens (tertiary/aromatic N) is 2. The zero-order valence-corrected chi connectivity index (χ0v) is 11.9. The number of ketones is 1. The fourth-order valence-corrected chi connectivity index (χ4v) is 3.07. The van der Waals surface area contributed by atoms with Gasteiger partial charge in [-0.05, 0) is 24.5 Å². The molecule has 1 aliphatic rings. The lowest BCUT2D eigenvalue weighted by molar-refractivity contribution is 0.0952. The van der Waals surface area contributed by atoms with Gasteiger partial charge in [0.25, 0.3) is 0 Å². The Kier molecular flexibility index (Phi) is 3.11. The molecular weight excluding hydrogens is 283 g/mol. The molecule has 0 N–H and O–H groups in total. The lowest BCUT2D eigenvalue weighted by Crippen LogP contribution is -2.19. The van der Waals surface area contributed by atoms with Gasteiger partial charge in [0.05, 0.1) is 27.5 Å². The van der Waals surface area contributed by atoms with E-state index in [1.807, 2.05) is 0 Å². The number of carbonyl (C=O) groups excluding carboxylic acids is 1. The van der Waals surface area contributed by atoms with Crippen LogP contribution in [0.2, 0.25) is 10.0 Å². The van der Waals surface area contributed by atoms with Gasteiger partial charge in [-0.1, -0.05) is 36.2 Å². The molecule has 5 heteroatoms. The molecule has 1 aromatic carbocycles. The molecule has 0 bridgehead atoms. The van der Waals surface area contributed by atoms with Crippen LogP contribution in [0.5, 0.6) is 0 Å². The van der Waals surface area contributed by atoms with Crippen LogP contribution in [-0.2, 0) is 6.42 Å². The summed E-state index contributed by atoms with van der Waals surface area (Å²) in [7, 11) is 0. The monoisotopic (exact) mass is 294 g/mol. The molecule has 0 spiro atoms. The number of hydrogen-bond acceptors (Lipinski definition) is 2. The molecular formula is C14H12Cl2N2O. The maximum atomic E-state index is 12.0. The van der Waals surface area contributed by atoms with E-state index in [1.54, 1.807) is 29.1 Å². The summed E-state index contributed by atoms with van der Waals surface area (Å²) >= 11 is 12.4. The Morgan fingerprint density at radius 2 is 1.95 bits per heavy atom. The molecule has 0 saturated heterocycles. The maximum Gasteiger partial charge on any atom is 0.166 e. The van der Waals surface area contributed by atoms with Gasteiger partial charge < -0.3 is 0 Å². The number of para-hydroxylation sites is 1. The van der Waals surface area contributed by atoms with Gasteiger partial charge >= 0.3 is 0 Å². The van der Waals surface area contributed by atoms with Gasteiger partial charge in [-0.2, -0.15) is 5.10 Å². The summed E-state index contributed by atoms with van der Waals surface area (Å²) in [5, 5.41) is 5.36. The first-order chi connectivity index (χ1) is 9.08. The molecule has 0 radical (unpaired) electrons. The topological polar surface area (TPSA) is 34.9 Å². The summed E-state index contributed by atoms with van der Waals surface area (Å²) in [6.07, 6.45) is 3.00. The SMILES string of the molecule is C[C@H]1CC(=O)c2cnn(-c3c(Cl)cccc3Cl)c2C1. The van der Waals surface area contributed by atoms with Gasteiger partial charge in [0.1, 0.15) is 5.69 Å². The maximum absolute atomic E-state index is 12.0. The lowest BCUT2D eigenvalue weighted by Gasteiger charge is -2.19. The number of benzene rings is 1. The predicted octanol–water partition coefficient (Wildman–Crippen LogP) is 3.94. The predicted molar refractivity (Wildman–Crippen MR) is 75.4 cm³/mol. The molecule has 1 heterocycles. The molecule has 1 atom stereocenters. The molecule has 3 nitrogen and oxygen atoms in total. The standard InChI is InChI=1S/C14H12Cl2N2O/c1-8-5-12-9(13(19)6-8)7-17-18(12)14-10(15)3-2-4-11(14)16/h2-4,7-8H,5-6H2,1H3/t8-/m1/s1. The Morgan fingerprint density at radius 1 is 1.26 bits per heavy atom. The van der Waals surface area contributed by atoms with Crippen LogP contribution >= 0.6 is 23.2 Å². The zero-order chi connectivity index (χ0) is 13.6. The number of aromatic nitrogens is 2. The number of fused-ring (bicyclic) bond motifs is 1. The van der Waals surface area contributed by atoms with Gasteiger partial charge in [0.2, 0.25) is 0 Å². The van der Waals surface area contributed by atoms with E-state index in [0.29, 0.717) is 33.6 Å². The molecule has 1 aromatic heterocycles. The summed E-state index contributed by atoms with van der Waals surface area (Å²) in [5.74, 6) is 0.458. The van der Waals surface area contributed by atoms with Crippen LogP contribution in [0.1, 0.15) is 29.4 Å². The van der Waals surface area contributed by atoms with Crippen LogP contribution in [0.25, 0.3) is 5.69 Å². The highest BCUT2D eigenvalue weighted by atomic mass is 35.5. The van der Waals surface area contributed by atoms with E-state index < -0.39 is 0 Å². The third kappa shape index (κ3) is 2.07. The largest absolute Gasteiger partial charge is 0.294 e. The molecule has 2 aromatic rings. The molecule has 0 saturated carbocycles. The van der Waals surface area contributed by atoms with Gasteiger partial charge in [0, 0.05) is 6.42 Å². The molecule has 0 unspecified atom stereocenters. The molecule has 1 aliphatic carbocycles. The first kappa shape index (κ1) is 12.7. The summed E-state index contributed by atoms with van der Waals surface area (Å²) in [6.45, 7) is 2.06. The van der Waals surface area contributed by atoms with Crippen LogP contribution < -0.4 is 0 Å². The third-order valence-electron chi connectivity index (χ3n) is 3.39. The second-order valence-corrected chi connectivity index (χ2v) is 5.74. The van der Waals surface area contributed by atoms with Crippen molar-refractivity contribution in [3.8, 4) is 5.69 Å². The second kappa shape index (κ2) is 4.66. The Morgan fingerprint density at radius 3 is 2.63 bits per heavy atom. The number of hydrogen-bond donors (Lipinski definition) is 0. The van der Waals surface area contributed by atoms with Crippen molar-refractivity contribution in [1.82, 2.24) is 9.78 Å². The summed E-state index contributed by atoms with van der Waals surface area (Å²) in [6, 6.07) is 5.33. The first-order valence-corrected chi connectivity index (χ1v) is 6.88. The van der Waals surface area contributed by atoms with E-state index in [1.165, 1.54) is 0 Å². The van der Waals surface area contributed by atoms with Crippen LogP contribution in [-0.4, -0.2) is 15.6 Å². The van der Waals surface area contributed by atoms with Crippen molar-refractivity contribution < 1.29 is 4.79 Å². The lowest BCUT2D eigenvalue weighted by atomic mass is 9.88. The minimum absolute atomic E-state index is 0.142. The molecule has 98 valence electrons. The van der Waals surface area contributed by atoms with Crippen LogP contribution in [0, 0.1) is 5.92 Å². The number of Topliss-reactive ketones (excluding diaryl/α,β-unsaturated/α-hetero) is 1. The van der Waals surface area contributed by atoms with Crippen molar-refractivity contribution in [2.24, 2.45) is 5.92 Å². The van der Waals surface area contributed by atoms with Crippen molar-refractivity contribution in [2.45, 2.75) is 19.8 Å². The highest BCUT2D eigenvalue weighted by molar-refractivity contribution is 6.37. The van der Waals surface area contributed by atoms with Crippen LogP contribution in [0.3, 0.4) is 0 Å². The van der Waals surface area contributed by atoms with E-state index in [2.05, 4.69) is 12.0 Å². The van der Waals surface area contributed by atoms with Gasteiger partial charge in [-0.25, -0.2) is 4.68 Å². The van der Waals surface area contributed by atoms with Gasteiger partial charge in [0.15, 0.2) is 5.78 Å². The Balaban J connectivity index is 2.21. The number of carbonyl (C=O) groups is 1. The first-order valence-electron chi connectivity index (χ1n) is 6.12. The second-order valence-electron chi connectivity index (χ2n) is 4.92. The Hall–Kier alpha value is -1.32. The van der Waals surface area contributed by atoms with Crippen molar-refractivity contribution in [2.75, 3.05) is 0 Å². The van der Waals surface area contributed by atoms with Crippen LogP contribution in [0.15, 0.2) is 24.4 Å². The number of halogens is 2. The highest BCUT2D eigenvalue weighted by Gasteiger charge is 2.27. The smallest absolute Gasteiger partial charge is 0.166 e. The zero-order valence-electron chi connectivity index (χ0n) is 10.4. The minimum Gasteiger partial charge on any atom is -0.294 e. The van der Waals surface area contributed by atoms with E-state index in [-0.39, 0.29) is 5.78 Å². The van der Waals surface area contributed by atoms with Gasteiger partial charge in [-0.3, -0.25) is 4.79 Å². The molecule has 0 fully saturated rings. The summed E-state index contributed by atoms with van der Waals surface area (Å²) in [5.41, 5.74) is 2.24. The fourth-order valence-electron chi connectivity index (χ4n) is 2.52. The van der Waals surface area contributed by atoms with E-state index >= 15 is 0 Å². The Bertz CT molecular complexity index is 643. The molecule has 3 rings (SSSR count). The number of rotatable bonds is 1. The highest BCUT2D eigenvalue weighted by Crippen LogP contribution is 2.33. The van der Waals surface area contributed by atoms with E-state index in [4.69, 9.17) is 23.2 Å². The van der Waals surface area contributed by atoms with E-state index in [0.717, 1.165) is 12.1 Å². The molecule has 19 heavy (non-hydrogen) atoms. The van der Waals surface area contributed by atoms with Crippen LogP contribution in [0.4, 0.5) is 0 Å². The summed E-state index contributed by atoms with van der Waals surface area (Å²) < 4.78 is 1.70. The van der Waals surface area contributed by atoms with Crippen molar-refractivity contribution >= 4 is 29.0 Å². The van der Waals surface area contributed by atoms with E-state index in [9.17, 15) is 4.79 Å². The fraction of sp³-hybridized carbons (Fsp3) is 0.286. The average Bonchev–Trinajstić information content (AvgIpc) is 2.73. The molecule has 0 amide bonds.